The Kier molecular flexibility index (Phi) is 4.89. The van der Waals surface area contributed by atoms with E-state index in [2.05, 4.69) is 51.6 Å². The monoisotopic (exact) mass is 332 g/mol. The van der Waals surface area contributed by atoms with E-state index in [9.17, 15) is 0 Å². The van der Waals surface area contributed by atoms with Crippen molar-refractivity contribution in [3.63, 3.8) is 0 Å². The van der Waals surface area contributed by atoms with E-state index in [-0.39, 0.29) is 0 Å². The highest BCUT2D eigenvalue weighted by Gasteiger charge is 2.15. The molecule has 1 aromatic carbocycles. The van der Waals surface area contributed by atoms with Crippen molar-refractivity contribution in [3.8, 4) is 0 Å². The van der Waals surface area contributed by atoms with E-state index in [0.29, 0.717) is 0 Å². The summed E-state index contributed by atoms with van der Waals surface area (Å²) in [4.78, 5) is 11.5. The lowest BCUT2D eigenvalue weighted by atomic mass is 9.95. The third kappa shape index (κ3) is 3.80. The molecule has 0 spiro atoms. The van der Waals surface area contributed by atoms with Gasteiger partial charge in [-0.3, -0.25) is 9.98 Å². The van der Waals surface area contributed by atoms with Gasteiger partial charge < -0.3 is 10.2 Å². The molecule has 0 aliphatic carbocycles. The number of aromatic nitrogens is 1. The van der Waals surface area contributed by atoms with Crippen LogP contribution >= 0.6 is 0 Å². The molecule has 25 heavy (non-hydrogen) atoms. The topological polar surface area (TPSA) is 40.5 Å². The fraction of sp³-hybridized carbons (Fsp3) is 0.333. The van der Waals surface area contributed by atoms with Crippen molar-refractivity contribution < 1.29 is 0 Å². The van der Waals surface area contributed by atoms with Crippen LogP contribution < -0.4 is 10.2 Å². The highest BCUT2D eigenvalue weighted by molar-refractivity contribution is 6.15. The van der Waals surface area contributed by atoms with E-state index < -0.39 is 0 Å². The van der Waals surface area contributed by atoms with Crippen molar-refractivity contribution in [2.24, 2.45) is 4.99 Å². The fourth-order valence-electron chi connectivity index (χ4n) is 3.54. The van der Waals surface area contributed by atoms with E-state index in [4.69, 9.17) is 4.99 Å². The van der Waals surface area contributed by atoms with Gasteiger partial charge in [-0.15, -0.1) is 0 Å². The number of hydrogen-bond acceptors (Lipinski definition) is 4. The molecule has 2 aliphatic rings. The molecule has 4 rings (SSSR count). The molecule has 1 fully saturated rings. The summed E-state index contributed by atoms with van der Waals surface area (Å²) in [5, 5.41) is 3.41. The summed E-state index contributed by atoms with van der Waals surface area (Å²) in [6.07, 6.45) is 8.22. The van der Waals surface area contributed by atoms with Gasteiger partial charge in [0.25, 0.3) is 0 Å². The fourth-order valence-corrected chi connectivity index (χ4v) is 3.54. The molecule has 0 bridgehead atoms. The predicted molar refractivity (Wildman–Crippen MR) is 104 cm³/mol. The summed E-state index contributed by atoms with van der Waals surface area (Å²) < 4.78 is 0. The molecule has 0 radical (unpaired) electrons. The smallest absolute Gasteiger partial charge is 0.0694 e. The first-order chi connectivity index (χ1) is 12.4. The Morgan fingerprint density at radius 1 is 1.08 bits per heavy atom. The van der Waals surface area contributed by atoms with Crippen LogP contribution in [0.3, 0.4) is 0 Å². The number of aliphatic imine (C=N–C) groups is 1. The number of rotatable bonds is 3. The van der Waals surface area contributed by atoms with Crippen molar-refractivity contribution in [2.45, 2.75) is 12.8 Å². The SMILES string of the molecule is C(=C1CCCN=C1c1cccnc1)c1cccc(N2CCNCC2)c1. The van der Waals surface area contributed by atoms with Crippen LogP contribution in [0.4, 0.5) is 5.69 Å². The molecular formula is C21H24N4. The van der Waals surface area contributed by atoms with Crippen LogP contribution in [0.5, 0.6) is 0 Å². The van der Waals surface area contributed by atoms with Gasteiger partial charge in [-0.05, 0) is 54.3 Å². The molecule has 3 heterocycles. The van der Waals surface area contributed by atoms with Crippen LogP contribution in [-0.2, 0) is 0 Å². The summed E-state index contributed by atoms with van der Waals surface area (Å²) in [7, 11) is 0. The second-order valence-electron chi connectivity index (χ2n) is 6.58. The molecule has 0 unspecified atom stereocenters. The second kappa shape index (κ2) is 7.62. The zero-order valence-corrected chi connectivity index (χ0v) is 14.5. The first kappa shape index (κ1) is 16.0. The molecule has 128 valence electrons. The molecule has 4 nitrogen and oxygen atoms in total. The maximum absolute atomic E-state index is 4.78. The minimum atomic E-state index is 0.905. The molecule has 1 aromatic heterocycles. The van der Waals surface area contributed by atoms with Gasteiger partial charge in [0.05, 0.1) is 5.71 Å². The minimum absolute atomic E-state index is 0.905. The molecule has 2 aromatic rings. The van der Waals surface area contributed by atoms with E-state index in [1.807, 2.05) is 18.5 Å². The Hall–Kier alpha value is -2.46. The number of nitrogens with one attached hydrogen (secondary N) is 1. The first-order valence-corrected chi connectivity index (χ1v) is 9.12. The van der Waals surface area contributed by atoms with Gasteiger partial charge in [0, 0.05) is 56.4 Å². The highest BCUT2D eigenvalue weighted by atomic mass is 15.2. The summed E-state index contributed by atoms with van der Waals surface area (Å²) >= 11 is 0. The lowest BCUT2D eigenvalue weighted by Crippen LogP contribution is -2.43. The van der Waals surface area contributed by atoms with Gasteiger partial charge in [0.15, 0.2) is 0 Å². The Balaban J connectivity index is 1.63. The van der Waals surface area contributed by atoms with Crippen LogP contribution in [0.1, 0.15) is 24.0 Å². The third-order valence-corrected chi connectivity index (χ3v) is 4.81. The van der Waals surface area contributed by atoms with Gasteiger partial charge in [-0.2, -0.15) is 0 Å². The summed E-state index contributed by atoms with van der Waals surface area (Å²) in [5.74, 6) is 0. The van der Waals surface area contributed by atoms with Crippen LogP contribution in [0, 0.1) is 0 Å². The van der Waals surface area contributed by atoms with Crippen LogP contribution in [0.2, 0.25) is 0 Å². The molecule has 4 heteroatoms. The average molecular weight is 332 g/mol. The van der Waals surface area contributed by atoms with Gasteiger partial charge in [0.2, 0.25) is 0 Å². The standard InChI is InChI=1S/C21H24N4/c1-4-17(15-20(7-1)25-12-10-22-11-13-25)14-18-5-3-9-24-21(18)19-6-2-8-23-16-19/h1-2,4,6-8,14-16,22H,3,5,9-13H2. The van der Waals surface area contributed by atoms with E-state index >= 15 is 0 Å². The lowest BCUT2D eigenvalue weighted by Gasteiger charge is -2.29. The molecular weight excluding hydrogens is 308 g/mol. The number of piperazine rings is 1. The van der Waals surface area contributed by atoms with Crippen molar-refractivity contribution in [1.29, 1.82) is 0 Å². The molecule has 0 amide bonds. The first-order valence-electron chi connectivity index (χ1n) is 9.12. The summed E-state index contributed by atoms with van der Waals surface area (Å²) in [5.41, 5.74) is 6.10. The van der Waals surface area contributed by atoms with Gasteiger partial charge in [-0.25, -0.2) is 0 Å². The van der Waals surface area contributed by atoms with Crippen molar-refractivity contribution >= 4 is 17.5 Å². The molecule has 1 saturated heterocycles. The van der Waals surface area contributed by atoms with Gasteiger partial charge in [0.1, 0.15) is 0 Å². The van der Waals surface area contributed by atoms with Crippen LogP contribution in [0.15, 0.2) is 59.4 Å². The van der Waals surface area contributed by atoms with E-state index in [1.165, 1.54) is 16.8 Å². The molecule has 2 aliphatic heterocycles. The Labute approximate surface area is 149 Å². The van der Waals surface area contributed by atoms with E-state index in [1.54, 1.807) is 0 Å². The van der Waals surface area contributed by atoms with Crippen LogP contribution in [-0.4, -0.2) is 43.4 Å². The number of allylic oxidation sites excluding steroid dienone is 1. The lowest BCUT2D eigenvalue weighted by molar-refractivity contribution is 0.589. The summed E-state index contributed by atoms with van der Waals surface area (Å²) in [6.45, 7) is 5.17. The largest absolute Gasteiger partial charge is 0.369 e. The highest BCUT2D eigenvalue weighted by Crippen LogP contribution is 2.24. The summed E-state index contributed by atoms with van der Waals surface area (Å²) in [6, 6.07) is 12.9. The predicted octanol–water partition coefficient (Wildman–Crippen LogP) is 3.16. The second-order valence-corrected chi connectivity index (χ2v) is 6.58. The Morgan fingerprint density at radius 2 is 2.00 bits per heavy atom. The van der Waals surface area contributed by atoms with Gasteiger partial charge >= 0.3 is 0 Å². The number of hydrogen-bond donors (Lipinski definition) is 1. The average Bonchev–Trinajstić information content (AvgIpc) is 2.70. The maximum Gasteiger partial charge on any atom is 0.0694 e. The Morgan fingerprint density at radius 3 is 2.84 bits per heavy atom. The van der Waals surface area contributed by atoms with Crippen LogP contribution in [0.25, 0.3) is 6.08 Å². The van der Waals surface area contributed by atoms with Crippen molar-refractivity contribution in [2.75, 3.05) is 37.6 Å². The quantitative estimate of drug-likeness (QED) is 0.939. The van der Waals surface area contributed by atoms with Crippen molar-refractivity contribution in [3.05, 3.63) is 65.5 Å². The normalized spacial score (nSPS) is 19.8. The zero-order valence-electron chi connectivity index (χ0n) is 14.5. The number of nitrogens with zero attached hydrogens (tertiary/aromatic N) is 3. The molecule has 1 N–H and O–H groups in total. The number of anilines is 1. The number of benzene rings is 1. The third-order valence-electron chi connectivity index (χ3n) is 4.81. The van der Waals surface area contributed by atoms with Gasteiger partial charge in [-0.1, -0.05) is 12.1 Å². The molecule has 0 atom stereocenters. The number of pyridine rings is 1. The van der Waals surface area contributed by atoms with Crippen molar-refractivity contribution in [1.82, 2.24) is 10.3 Å². The van der Waals surface area contributed by atoms with E-state index in [0.717, 1.165) is 56.8 Å². The maximum atomic E-state index is 4.78. The minimum Gasteiger partial charge on any atom is -0.369 e. The zero-order chi connectivity index (χ0) is 16.9. The Bertz CT molecular complexity index is 773. The molecule has 0 saturated carbocycles.